The molecule has 2 N–H and O–H groups in total. The van der Waals surface area contributed by atoms with E-state index >= 15 is 0 Å². The van der Waals surface area contributed by atoms with Gasteiger partial charge < -0.3 is 14.6 Å². The van der Waals surface area contributed by atoms with Gasteiger partial charge in [0.15, 0.2) is 0 Å². The third-order valence-corrected chi connectivity index (χ3v) is 3.69. The van der Waals surface area contributed by atoms with Gasteiger partial charge in [0.1, 0.15) is 17.6 Å². The molecule has 1 aromatic heterocycles. The first-order valence-corrected chi connectivity index (χ1v) is 7.12. The molecule has 108 valence electrons. The van der Waals surface area contributed by atoms with Crippen LogP contribution in [0.25, 0.3) is 10.8 Å². The van der Waals surface area contributed by atoms with Gasteiger partial charge in [-0.3, -0.25) is 0 Å². The number of rotatable bonds is 5. The van der Waals surface area contributed by atoms with Gasteiger partial charge in [-0.25, -0.2) is 0 Å². The molecule has 0 aliphatic rings. The predicted octanol–water partition coefficient (Wildman–Crippen LogP) is 3.24. The minimum absolute atomic E-state index is 0.338. The molecule has 3 aromatic rings. The third-order valence-electron chi connectivity index (χ3n) is 3.69. The van der Waals surface area contributed by atoms with Crippen LogP contribution in [0.15, 0.2) is 59.0 Å². The molecule has 0 fully saturated rings. The van der Waals surface area contributed by atoms with Crippen molar-refractivity contribution in [3.63, 3.8) is 0 Å². The van der Waals surface area contributed by atoms with Crippen LogP contribution in [0.4, 0.5) is 0 Å². The molecule has 1 unspecified atom stereocenters. The molecule has 0 amide bonds. The fourth-order valence-electron chi connectivity index (χ4n) is 2.60. The molecule has 0 saturated heterocycles. The fraction of sp³-hybridized carbons (Fsp3) is 0.222. The van der Waals surface area contributed by atoms with Crippen LogP contribution in [-0.2, 0) is 12.8 Å². The highest BCUT2D eigenvalue weighted by molar-refractivity contribution is 5.87. The summed E-state index contributed by atoms with van der Waals surface area (Å²) < 4.78 is 5.83. The van der Waals surface area contributed by atoms with Crippen LogP contribution < -0.4 is 0 Å². The van der Waals surface area contributed by atoms with Gasteiger partial charge >= 0.3 is 0 Å². The Labute approximate surface area is 123 Å². The molecule has 3 nitrogen and oxygen atoms in total. The molecular weight excluding hydrogens is 264 g/mol. The number of fused-ring (bicyclic) bond motifs is 1. The molecule has 0 bridgehead atoms. The first-order chi connectivity index (χ1) is 10.3. The number of hydrogen-bond donors (Lipinski definition) is 2. The molecule has 0 saturated carbocycles. The Morgan fingerprint density at radius 2 is 1.52 bits per heavy atom. The van der Waals surface area contributed by atoms with Crippen molar-refractivity contribution in [3.8, 4) is 0 Å². The summed E-state index contributed by atoms with van der Waals surface area (Å²) in [5.74, 6) is 1.31. The van der Waals surface area contributed by atoms with Crippen LogP contribution >= 0.6 is 0 Å². The van der Waals surface area contributed by atoms with E-state index in [0.29, 0.717) is 5.76 Å². The summed E-state index contributed by atoms with van der Waals surface area (Å²) in [6, 6.07) is 18.0. The Kier molecular flexibility index (Phi) is 4.04. The maximum atomic E-state index is 9.88. The minimum atomic E-state index is -0.972. The molecule has 0 spiro atoms. The molecular formula is C18H18O3. The topological polar surface area (TPSA) is 53.6 Å². The molecule has 0 aliphatic carbocycles. The van der Waals surface area contributed by atoms with Gasteiger partial charge in [-0.15, -0.1) is 0 Å². The Morgan fingerprint density at radius 1 is 0.857 bits per heavy atom. The van der Waals surface area contributed by atoms with E-state index in [0.717, 1.165) is 29.4 Å². The Balaban J connectivity index is 1.91. The van der Waals surface area contributed by atoms with Crippen LogP contribution in [-0.4, -0.2) is 16.8 Å². The molecule has 2 aromatic carbocycles. The van der Waals surface area contributed by atoms with Crippen molar-refractivity contribution in [1.29, 1.82) is 0 Å². The van der Waals surface area contributed by atoms with Gasteiger partial charge in [-0.05, 0) is 12.0 Å². The highest BCUT2D eigenvalue weighted by Gasteiger charge is 2.18. The van der Waals surface area contributed by atoms with Crippen LogP contribution in [0.5, 0.6) is 0 Å². The zero-order valence-corrected chi connectivity index (χ0v) is 11.7. The van der Waals surface area contributed by atoms with Crippen molar-refractivity contribution in [1.82, 2.24) is 0 Å². The maximum absolute atomic E-state index is 9.88. The van der Waals surface area contributed by atoms with Crippen molar-refractivity contribution in [2.75, 3.05) is 6.61 Å². The first-order valence-electron chi connectivity index (χ1n) is 7.12. The second-order valence-electron chi connectivity index (χ2n) is 5.12. The van der Waals surface area contributed by atoms with E-state index in [1.807, 2.05) is 42.5 Å². The van der Waals surface area contributed by atoms with E-state index in [1.54, 1.807) is 0 Å². The van der Waals surface area contributed by atoms with E-state index in [-0.39, 0.29) is 6.61 Å². The Morgan fingerprint density at radius 3 is 2.24 bits per heavy atom. The summed E-state index contributed by atoms with van der Waals surface area (Å²) in [6.07, 6.45) is 0.677. The number of furan rings is 1. The maximum Gasteiger partial charge on any atom is 0.142 e. The van der Waals surface area contributed by atoms with E-state index in [9.17, 15) is 5.11 Å². The molecule has 1 atom stereocenters. The predicted molar refractivity (Wildman–Crippen MR) is 82.1 cm³/mol. The Bertz CT molecular complexity index is 716. The van der Waals surface area contributed by atoms with Crippen molar-refractivity contribution >= 4 is 10.8 Å². The molecule has 3 rings (SSSR count). The van der Waals surface area contributed by atoms with Crippen molar-refractivity contribution in [2.24, 2.45) is 0 Å². The standard InChI is InChI=1S/C18H18O3/c19-12-16(20)18-15-9-5-4-8-14(15)17(21-18)11-10-13-6-2-1-3-7-13/h1-9,16,19-20H,10-12H2. The highest BCUT2D eigenvalue weighted by atomic mass is 16.4. The van der Waals surface area contributed by atoms with Crippen molar-refractivity contribution < 1.29 is 14.6 Å². The van der Waals surface area contributed by atoms with Crippen molar-refractivity contribution in [3.05, 3.63) is 71.7 Å². The fourth-order valence-corrected chi connectivity index (χ4v) is 2.60. The second-order valence-corrected chi connectivity index (χ2v) is 5.12. The summed E-state index contributed by atoms with van der Waals surface area (Å²) in [4.78, 5) is 0. The molecule has 0 radical (unpaired) electrons. The quantitative estimate of drug-likeness (QED) is 0.755. The lowest BCUT2D eigenvalue weighted by molar-refractivity contribution is 0.0779. The summed E-state index contributed by atoms with van der Waals surface area (Å²) >= 11 is 0. The Hall–Kier alpha value is -2.10. The lowest BCUT2D eigenvalue weighted by atomic mass is 10.1. The summed E-state index contributed by atoms with van der Waals surface area (Å²) in [6.45, 7) is -0.338. The number of benzene rings is 2. The number of aryl methyl sites for hydroxylation is 2. The van der Waals surface area contributed by atoms with E-state index in [1.165, 1.54) is 5.56 Å². The molecule has 1 heterocycles. The smallest absolute Gasteiger partial charge is 0.142 e. The molecule has 3 heteroatoms. The van der Waals surface area contributed by atoms with Gasteiger partial charge in [-0.2, -0.15) is 0 Å². The highest BCUT2D eigenvalue weighted by Crippen LogP contribution is 2.31. The monoisotopic (exact) mass is 282 g/mol. The molecule has 21 heavy (non-hydrogen) atoms. The van der Waals surface area contributed by atoms with Crippen LogP contribution in [0.1, 0.15) is 23.2 Å². The van der Waals surface area contributed by atoms with Crippen LogP contribution in [0.2, 0.25) is 0 Å². The summed E-state index contributed by atoms with van der Waals surface area (Å²) in [5, 5.41) is 20.9. The van der Waals surface area contributed by atoms with Gasteiger partial charge in [-0.1, -0.05) is 54.6 Å². The third kappa shape index (κ3) is 2.84. The largest absolute Gasteiger partial charge is 0.462 e. The number of hydrogen-bond acceptors (Lipinski definition) is 3. The summed E-state index contributed by atoms with van der Waals surface area (Å²) in [7, 11) is 0. The van der Waals surface area contributed by atoms with Crippen LogP contribution in [0, 0.1) is 0 Å². The van der Waals surface area contributed by atoms with Gasteiger partial charge in [0.05, 0.1) is 6.61 Å². The lowest BCUT2D eigenvalue weighted by Crippen LogP contribution is -2.01. The van der Waals surface area contributed by atoms with Gasteiger partial charge in [0, 0.05) is 17.2 Å². The molecule has 0 aliphatic heterocycles. The zero-order valence-electron chi connectivity index (χ0n) is 11.7. The zero-order chi connectivity index (χ0) is 14.7. The van der Waals surface area contributed by atoms with E-state index in [2.05, 4.69) is 12.1 Å². The first kappa shape index (κ1) is 13.9. The second kappa shape index (κ2) is 6.12. The lowest BCUT2D eigenvalue weighted by Gasteiger charge is -2.03. The normalized spacial score (nSPS) is 12.7. The average molecular weight is 282 g/mol. The number of aliphatic hydroxyl groups excluding tert-OH is 2. The van der Waals surface area contributed by atoms with Crippen molar-refractivity contribution in [2.45, 2.75) is 18.9 Å². The minimum Gasteiger partial charge on any atom is -0.462 e. The summed E-state index contributed by atoms with van der Waals surface area (Å²) in [5.41, 5.74) is 1.25. The van der Waals surface area contributed by atoms with E-state index in [4.69, 9.17) is 9.52 Å². The average Bonchev–Trinajstić information content (AvgIpc) is 2.92. The van der Waals surface area contributed by atoms with Gasteiger partial charge in [0.2, 0.25) is 0 Å². The van der Waals surface area contributed by atoms with Gasteiger partial charge in [0.25, 0.3) is 0 Å². The number of aliphatic hydroxyl groups is 2. The van der Waals surface area contributed by atoms with Crippen LogP contribution in [0.3, 0.4) is 0 Å². The van der Waals surface area contributed by atoms with E-state index < -0.39 is 6.10 Å². The SMILES string of the molecule is OCC(O)c1oc(CCc2ccccc2)c2ccccc12.